The number of carbonyl (C=O) groups excluding carboxylic acids is 1. The maximum Gasteiger partial charge on any atom is 0.309 e. The van der Waals surface area contributed by atoms with Crippen LogP contribution >= 0.6 is 0 Å². The number of hydrogen-bond acceptors (Lipinski definition) is 5. The minimum atomic E-state index is -0.718. The van der Waals surface area contributed by atoms with Crippen molar-refractivity contribution >= 4 is 17.9 Å². The second-order valence-corrected chi connectivity index (χ2v) is 10.7. The van der Waals surface area contributed by atoms with E-state index in [0.29, 0.717) is 12.5 Å². The van der Waals surface area contributed by atoms with Crippen molar-refractivity contribution in [1.29, 1.82) is 0 Å². The summed E-state index contributed by atoms with van der Waals surface area (Å²) in [5.41, 5.74) is 4.51. The maximum atomic E-state index is 13.9. The van der Waals surface area contributed by atoms with Gasteiger partial charge in [0.15, 0.2) is 0 Å². The lowest BCUT2D eigenvalue weighted by molar-refractivity contribution is -0.156. The molecule has 2 fully saturated rings. The third-order valence-electron chi connectivity index (χ3n) is 7.32. The molecule has 0 amide bonds. The molecule has 7 heteroatoms. The maximum absolute atomic E-state index is 13.9. The molecule has 1 aliphatic carbocycles. The van der Waals surface area contributed by atoms with Crippen molar-refractivity contribution in [2.45, 2.75) is 83.0 Å². The number of aliphatic hydroxyl groups is 1. The van der Waals surface area contributed by atoms with Crippen LogP contribution in [-0.4, -0.2) is 38.9 Å². The Hall–Kier alpha value is -3.45. The number of cyclic esters (lactones) is 1. The molecule has 1 aliphatic heterocycles. The van der Waals surface area contributed by atoms with Crippen molar-refractivity contribution in [3.05, 3.63) is 66.2 Å². The molecule has 0 unspecified atom stereocenters. The van der Waals surface area contributed by atoms with E-state index in [1.807, 2.05) is 16.8 Å². The Bertz CT molecular complexity index is 1290. The van der Waals surface area contributed by atoms with E-state index in [-0.39, 0.29) is 18.2 Å². The fourth-order valence-corrected chi connectivity index (χ4v) is 5.44. The summed E-state index contributed by atoms with van der Waals surface area (Å²) in [6.45, 7) is 4.16. The second kappa shape index (κ2) is 11.5. The van der Waals surface area contributed by atoms with Gasteiger partial charge in [-0.3, -0.25) is 4.79 Å². The topological polar surface area (TPSA) is 76.4 Å². The van der Waals surface area contributed by atoms with E-state index in [2.05, 4.69) is 37.4 Å². The standard InChI is InChI=1S/C31H36FN3O3/c1-20(2)31-34-29(22-7-6-10-25(17-22)33-24-8-4-3-5-9-24)30(21-11-13-23(32)14-12-21)35(31)16-15-27-18-26(36)19-28(37)38-27/h6-7,10-17,20,24,26-27,33,36H,3-5,8-9,18-19H2,1-2H3/t26-,27-/m1/s1. The molecule has 2 aliphatic rings. The molecule has 200 valence electrons. The highest BCUT2D eigenvalue weighted by Gasteiger charge is 2.26. The zero-order valence-electron chi connectivity index (χ0n) is 22.1. The van der Waals surface area contributed by atoms with Gasteiger partial charge in [-0.05, 0) is 55.3 Å². The number of carbonyl (C=O) groups is 1. The van der Waals surface area contributed by atoms with Crippen molar-refractivity contribution in [3.63, 3.8) is 0 Å². The number of nitrogens with one attached hydrogen (secondary N) is 1. The normalized spacial score (nSPS) is 20.7. The van der Waals surface area contributed by atoms with Crippen LogP contribution in [0.3, 0.4) is 0 Å². The minimum absolute atomic E-state index is 0.0167. The van der Waals surface area contributed by atoms with Crippen LogP contribution in [0.2, 0.25) is 0 Å². The fourth-order valence-electron chi connectivity index (χ4n) is 5.44. The van der Waals surface area contributed by atoms with Crippen LogP contribution in [0.25, 0.3) is 28.7 Å². The number of esters is 1. The van der Waals surface area contributed by atoms with Gasteiger partial charge in [0.05, 0.1) is 23.9 Å². The molecule has 38 heavy (non-hydrogen) atoms. The lowest BCUT2D eigenvalue weighted by Crippen LogP contribution is -2.31. The third-order valence-corrected chi connectivity index (χ3v) is 7.32. The average Bonchev–Trinajstić information content (AvgIpc) is 3.28. The number of aromatic nitrogens is 2. The van der Waals surface area contributed by atoms with E-state index in [0.717, 1.165) is 34.0 Å². The van der Waals surface area contributed by atoms with Gasteiger partial charge in [-0.15, -0.1) is 0 Å². The Morgan fingerprint density at radius 1 is 1.11 bits per heavy atom. The molecule has 5 rings (SSSR count). The Balaban J connectivity index is 1.58. The summed E-state index contributed by atoms with van der Waals surface area (Å²) in [5, 5.41) is 13.8. The van der Waals surface area contributed by atoms with Crippen molar-refractivity contribution in [2.75, 3.05) is 5.32 Å². The lowest BCUT2D eigenvalue weighted by atomic mass is 9.95. The number of nitrogens with zero attached hydrogens (tertiary/aromatic N) is 2. The van der Waals surface area contributed by atoms with E-state index in [1.54, 1.807) is 18.2 Å². The van der Waals surface area contributed by atoms with Gasteiger partial charge in [-0.2, -0.15) is 0 Å². The van der Waals surface area contributed by atoms with Gasteiger partial charge in [0, 0.05) is 41.4 Å². The number of halogens is 1. The molecule has 1 saturated carbocycles. The molecular weight excluding hydrogens is 481 g/mol. The molecule has 0 bridgehead atoms. The predicted octanol–water partition coefficient (Wildman–Crippen LogP) is 6.76. The van der Waals surface area contributed by atoms with Crippen LogP contribution < -0.4 is 5.32 Å². The van der Waals surface area contributed by atoms with Gasteiger partial charge in [-0.1, -0.05) is 45.2 Å². The van der Waals surface area contributed by atoms with Crippen LogP contribution in [0.1, 0.15) is 70.5 Å². The Kier molecular flexibility index (Phi) is 7.93. The molecule has 6 nitrogen and oxygen atoms in total. The number of rotatable bonds is 7. The summed E-state index contributed by atoms with van der Waals surface area (Å²) in [5.74, 6) is 0.220. The van der Waals surface area contributed by atoms with E-state index >= 15 is 0 Å². The van der Waals surface area contributed by atoms with Crippen LogP contribution in [0.4, 0.5) is 10.1 Å². The molecule has 1 aromatic heterocycles. The predicted molar refractivity (Wildman–Crippen MR) is 148 cm³/mol. The molecule has 1 saturated heterocycles. The first-order valence-corrected chi connectivity index (χ1v) is 13.7. The summed E-state index contributed by atoms with van der Waals surface area (Å²) in [6, 6.07) is 15.2. The highest BCUT2D eigenvalue weighted by atomic mass is 19.1. The zero-order valence-corrected chi connectivity index (χ0v) is 22.1. The summed E-state index contributed by atoms with van der Waals surface area (Å²) in [7, 11) is 0. The highest BCUT2D eigenvalue weighted by molar-refractivity contribution is 5.82. The largest absolute Gasteiger partial charge is 0.458 e. The number of imidazole rings is 1. The number of aliphatic hydroxyl groups excluding tert-OH is 1. The van der Waals surface area contributed by atoms with Gasteiger partial charge < -0.3 is 19.7 Å². The lowest BCUT2D eigenvalue weighted by Gasteiger charge is -2.24. The van der Waals surface area contributed by atoms with Crippen molar-refractivity contribution < 1.29 is 19.0 Å². The molecule has 0 spiro atoms. The van der Waals surface area contributed by atoms with Gasteiger partial charge in [-0.25, -0.2) is 9.37 Å². The first kappa shape index (κ1) is 26.2. The van der Waals surface area contributed by atoms with Crippen LogP contribution in [0.15, 0.2) is 54.6 Å². The van der Waals surface area contributed by atoms with Crippen LogP contribution in [-0.2, 0) is 9.53 Å². The monoisotopic (exact) mass is 517 g/mol. The van der Waals surface area contributed by atoms with Gasteiger partial charge >= 0.3 is 5.97 Å². The van der Waals surface area contributed by atoms with E-state index in [4.69, 9.17) is 9.72 Å². The smallest absolute Gasteiger partial charge is 0.309 e. The first-order valence-electron chi connectivity index (χ1n) is 13.7. The average molecular weight is 518 g/mol. The molecule has 2 heterocycles. The van der Waals surface area contributed by atoms with Gasteiger partial charge in [0.1, 0.15) is 17.7 Å². The van der Waals surface area contributed by atoms with Gasteiger partial charge in [0.25, 0.3) is 0 Å². The molecule has 2 N–H and O–H groups in total. The highest BCUT2D eigenvalue weighted by Crippen LogP contribution is 2.37. The SMILES string of the molecule is CC(C)c1nc(-c2cccc(NC3CCCCC3)c2)c(-c2ccc(F)cc2)n1C=C[C@@H]1C[C@@H](O)CC(=O)O1. The first-order chi connectivity index (χ1) is 18.4. The van der Waals surface area contributed by atoms with E-state index < -0.39 is 18.2 Å². The summed E-state index contributed by atoms with van der Waals surface area (Å²) >= 11 is 0. The number of hydrogen-bond donors (Lipinski definition) is 2. The molecule has 2 atom stereocenters. The fraction of sp³-hybridized carbons (Fsp3) is 0.419. The quantitative estimate of drug-likeness (QED) is 0.339. The molecule has 3 aromatic rings. The number of benzene rings is 2. The van der Waals surface area contributed by atoms with Crippen LogP contribution in [0.5, 0.6) is 0 Å². The Labute approximate surface area is 223 Å². The summed E-state index contributed by atoms with van der Waals surface area (Å²) in [6.07, 6.45) is 8.97. The molecule has 0 radical (unpaired) electrons. The van der Waals surface area contributed by atoms with E-state index in [1.165, 1.54) is 44.2 Å². The summed E-state index contributed by atoms with van der Waals surface area (Å²) in [4.78, 5) is 17.0. The van der Waals surface area contributed by atoms with E-state index in [9.17, 15) is 14.3 Å². The zero-order chi connectivity index (χ0) is 26.6. The van der Waals surface area contributed by atoms with Crippen molar-refractivity contribution in [2.24, 2.45) is 0 Å². The second-order valence-electron chi connectivity index (χ2n) is 10.7. The van der Waals surface area contributed by atoms with Crippen molar-refractivity contribution in [3.8, 4) is 22.5 Å². The summed E-state index contributed by atoms with van der Waals surface area (Å²) < 4.78 is 21.3. The van der Waals surface area contributed by atoms with Crippen LogP contribution in [0, 0.1) is 5.82 Å². The Morgan fingerprint density at radius 2 is 1.87 bits per heavy atom. The van der Waals surface area contributed by atoms with Gasteiger partial charge in [0.2, 0.25) is 0 Å². The van der Waals surface area contributed by atoms with Crippen molar-refractivity contribution in [1.82, 2.24) is 9.55 Å². The minimum Gasteiger partial charge on any atom is -0.458 e. The number of ether oxygens (including phenoxy) is 1. The number of anilines is 1. The molecular formula is C31H36FN3O3. The third kappa shape index (κ3) is 5.99. The molecule has 2 aromatic carbocycles. The Morgan fingerprint density at radius 3 is 2.58 bits per heavy atom.